The number of carboxylic acids is 1. The second kappa shape index (κ2) is 8.98. The molecule has 0 aromatic rings. The second-order valence-corrected chi connectivity index (χ2v) is 3.86. The number of carbonyl (C=O) groups is 1. The molecule has 0 spiro atoms. The molecule has 0 aliphatic heterocycles. The summed E-state index contributed by atoms with van der Waals surface area (Å²) in [4.78, 5) is 10.3. The van der Waals surface area contributed by atoms with Crippen molar-refractivity contribution >= 4 is 5.97 Å². The Labute approximate surface area is 99.5 Å². The van der Waals surface area contributed by atoms with E-state index >= 15 is 0 Å². The lowest BCUT2D eigenvalue weighted by molar-refractivity contribution is -0.923. The van der Waals surface area contributed by atoms with Crippen LogP contribution in [0.3, 0.4) is 0 Å². The molecule has 92 valence electrons. The summed E-state index contributed by atoms with van der Waals surface area (Å²) in [6, 6.07) is 0. The molecule has 15 heavy (non-hydrogen) atoms. The molecule has 0 atom stereocenters. The first-order valence-electron chi connectivity index (χ1n) is 5.67. The number of aliphatic carboxylic acids is 1. The van der Waals surface area contributed by atoms with Gasteiger partial charge in [-0.05, 0) is 33.6 Å². The minimum absolute atomic E-state index is 0. The Morgan fingerprint density at radius 2 is 1.53 bits per heavy atom. The third kappa shape index (κ3) is 6.74. The number of nitrogens with zero attached hydrogens (tertiary/aromatic N) is 1. The molecule has 1 N–H and O–H groups in total. The maximum Gasteiger partial charge on any atom is 0.303 e. The predicted octanol–water partition coefficient (Wildman–Crippen LogP) is -0.878. The molecule has 0 saturated heterocycles. The van der Waals surface area contributed by atoms with Gasteiger partial charge in [0.25, 0.3) is 0 Å². The molecule has 0 aliphatic carbocycles. The minimum Gasteiger partial charge on any atom is -1.00 e. The maximum atomic E-state index is 10.3. The lowest BCUT2D eigenvalue weighted by Gasteiger charge is -2.35. The molecule has 0 aromatic carbocycles. The Morgan fingerprint density at radius 1 is 1.07 bits per heavy atom. The molecule has 0 radical (unpaired) electrons. The van der Waals surface area contributed by atoms with Crippen LogP contribution in [0, 0.1) is 0 Å². The summed E-state index contributed by atoms with van der Waals surface area (Å²) in [6.07, 6.45) is 2.16. The lowest BCUT2D eigenvalue weighted by atomic mass is 10.2. The first-order valence-corrected chi connectivity index (χ1v) is 5.67. The second-order valence-electron chi connectivity index (χ2n) is 3.86. The van der Waals surface area contributed by atoms with Gasteiger partial charge in [0.15, 0.2) is 0 Å². The van der Waals surface area contributed by atoms with Crippen LogP contribution in [-0.4, -0.2) is 41.7 Å². The van der Waals surface area contributed by atoms with Crippen LogP contribution >= 0.6 is 0 Å². The average Bonchev–Trinajstić information content (AvgIpc) is 2.19. The third-order valence-electron chi connectivity index (χ3n) is 3.29. The smallest absolute Gasteiger partial charge is 0.303 e. The van der Waals surface area contributed by atoms with E-state index in [2.05, 4.69) is 20.8 Å². The fourth-order valence-corrected chi connectivity index (χ4v) is 1.87. The van der Waals surface area contributed by atoms with E-state index in [1.54, 1.807) is 0 Å². The van der Waals surface area contributed by atoms with Gasteiger partial charge in [-0.1, -0.05) is 0 Å². The van der Waals surface area contributed by atoms with Crippen LogP contribution in [0.25, 0.3) is 0 Å². The van der Waals surface area contributed by atoms with Crippen molar-refractivity contribution in [3.8, 4) is 0 Å². The van der Waals surface area contributed by atoms with E-state index in [0.717, 1.165) is 43.5 Å². The van der Waals surface area contributed by atoms with Crippen LogP contribution in [0.2, 0.25) is 0 Å². The molecule has 4 heteroatoms. The summed E-state index contributed by atoms with van der Waals surface area (Å²) in [5, 5.41) is 8.51. The molecule has 0 aliphatic rings. The van der Waals surface area contributed by atoms with Gasteiger partial charge in [0.1, 0.15) is 0 Å². The van der Waals surface area contributed by atoms with Gasteiger partial charge in [-0.25, -0.2) is 0 Å². The Balaban J connectivity index is 0. The van der Waals surface area contributed by atoms with Crippen molar-refractivity contribution in [2.24, 2.45) is 0 Å². The van der Waals surface area contributed by atoms with E-state index < -0.39 is 5.97 Å². The van der Waals surface area contributed by atoms with E-state index in [1.165, 1.54) is 0 Å². The first kappa shape index (κ1) is 17.1. The molecule has 0 heterocycles. The fraction of sp³-hybridized carbons (Fsp3) is 0.909. The van der Waals surface area contributed by atoms with Gasteiger partial charge >= 0.3 is 5.97 Å². The molecule has 0 unspecified atom stereocenters. The molecule has 0 saturated carbocycles. The van der Waals surface area contributed by atoms with Crippen molar-refractivity contribution < 1.29 is 26.8 Å². The van der Waals surface area contributed by atoms with Gasteiger partial charge in [0, 0.05) is 6.42 Å². The van der Waals surface area contributed by atoms with E-state index in [9.17, 15) is 4.79 Å². The van der Waals surface area contributed by atoms with E-state index in [4.69, 9.17) is 5.11 Å². The summed E-state index contributed by atoms with van der Waals surface area (Å²) >= 11 is 0. The maximum absolute atomic E-state index is 10.3. The van der Waals surface area contributed by atoms with Crippen molar-refractivity contribution in [2.45, 2.75) is 40.0 Å². The number of quaternary nitrogens is 1. The number of carboxylic acid groups (broad SMARTS) is 1. The van der Waals surface area contributed by atoms with Crippen molar-refractivity contribution in [3.63, 3.8) is 0 Å². The summed E-state index contributed by atoms with van der Waals surface area (Å²) in [5.74, 6) is -0.674. The van der Waals surface area contributed by atoms with Gasteiger partial charge in [-0.3, -0.25) is 4.79 Å². The quantitative estimate of drug-likeness (QED) is 0.440. The molecular weight excluding hydrogens is 214 g/mol. The first-order chi connectivity index (χ1) is 6.60. The molecule has 0 amide bonds. The van der Waals surface area contributed by atoms with Crippen molar-refractivity contribution in [2.75, 3.05) is 26.2 Å². The number of unbranched alkanes of at least 4 members (excludes halogenated alkanes) is 1. The summed E-state index contributed by atoms with van der Waals surface area (Å²) in [5.41, 5.74) is 0. The molecule has 0 rings (SSSR count). The summed E-state index contributed by atoms with van der Waals surface area (Å²) < 4.78 is 1.12. The van der Waals surface area contributed by atoms with Crippen LogP contribution in [0.15, 0.2) is 0 Å². The van der Waals surface area contributed by atoms with Gasteiger partial charge < -0.3 is 22.0 Å². The van der Waals surface area contributed by atoms with Crippen LogP contribution in [-0.2, 0) is 4.79 Å². The van der Waals surface area contributed by atoms with Gasteiger partial charge in [-0.2, -0.15) is 0 Å². The summed E-state index contributed by atoms with van der Waals surface area (Å²) in [6.45, 7) is 11.2. The van der Waals surface area contributed by atoms with Crippen molar-refractivity contribution in [3.05, 3.63) is 0 Å². The molecule has 3 nitrogen and oxygen atoms in total. The van der Waals surface area contributed by atoms with Gasteiger partial charge in [0.05, 0.1) is 26.2 Å². The van der Waals surface area contributed by atoms with Crippen LogP contribution in [0.4, 0.5) is 0 Å². The molecule has 0 bridgehead atoms. The van der Waals surface area contributed by atoms with E-state index in [0.29, 0.717) is 6.42 Å². The van der Waals surface area contributed by atoms with Crippen LogP contribution in [0.5, 0.6) is 0 Å². The summed E-state index contributed by atoms with van der Waals surface area (Å²) in [7, 11) is 0. The minimum atomic E-state index is -0.674. The lowest BCUT2D eigenvalue weighted by Crippen LogP contribution is -3.00. The molecule has 0 fully saturated rings. The topological polar surface area (TPSA) is 37.3 Å². The Kier molecular flexibility index (Phi) is 10.3. The predicted molar refractivity (Wildman–Crippen MR) is 58.2 cm³/mol. The fourth-order valence-electron chi connectivity index (χ4n) is 1.87. The highest BCUT2D eigenvalue weighted by molar-refractivity contribution is 5.66. The highest BCUT2D eigenvalue weighted by atomic mass is 35.5. The zero-order valence-corrected chi connectivity index (χ0v) is 10.9. The SMILES string of the molecule is CC[N+](CC)(CC)CCCCC(=O)O.[Cl-]. The number of rotatable bonds is 8. The van der Waals surface area contributed by atoms with Crippen molar-refractivity contribution in [1.29, 1.82) is 0 Å². The van der Waals surface area contributed by atoms with E-state index in [1.807, 2.05) is 0 Å². The van der Waals surface area contributed by atoms with Crippen LogP contribution < -0.4 is 12.4 Å². The largest absolute Gasteiger partial charge is 1.00 e. The van der Waals surface area contributed by atoms with Gasteiger partial charge in [0.2, 0.25) is 0 Å². The van der Waals surface area contributed by atoms with Crippen molar-refractivity contribution in [1.82, 2.24) is 0 Å². The van der Waals surface area contributed by atoms with E-state index in [-0.39, 0.29) is 12.4 Å². The number of hydrogen-bond acceptors (Lipinski definition) is 1. The average molecular weight is 238 g/mol. The standard InChI is InChI=1S/C11H23NO2.ClH/c1-4-12(5-2,6-3)10-8-7-9-11(13)14;/h4-10H2,1-3H3;1H. The van der Waals surface area contributed by atoms with Gasteiger partial charge in [-0.15, -0.1) is 0 Å². The normalized spacial score (nSPS) is 10.9. The zero-order chi connectivity index (χ0) is 11.0. The molecule has 0 aromatic heterocycles. The number of halogens is 1. The Morgan fingerprint density at radius 3 is 1.87 bits per heavy atom. The highest BCUT2D eigenvalue weighted by Crippen LogP contribution is 2.09. The number of hydrogen-bond donors (Lipinski definition) is 1. The van der Waals surface area contributed by atoms with Crippen LogP contribution in [0.1, 0.15) is 40.0 Å². The monoisotopic (exact) mass is 237 g/mol. The Bertz CT molecular complexity index is 162. The molecular formula is C11H24ClNO2. The zero-order valence-electron chi connectivity index (χ0n) is 10.1. The third-order valence-corrected chi connectivity index (χ3v) is 3.29. The highest BCUT2D eigenvalue weighted by Gasteiger charge is 2.19. The Hall–Kier alpha value is -0.280.